The number of nitrogens with one attached hydrogen (secondary N) is 2. The molecule has 0 fully saturated rings. The first-order valence-electron chi connectivity index (χ1n) is 8.00. The third kappa shape index (κ3) is 5.60. The molecule has 1 atom stereocenters. The number of rotatable bonds is 6. The highest BCUT2D eigenvalue weighted by Crippen LogP contribution is 2.19. The van der Waals surface area contributed by atoms with Gasteiger partial charge in [0.15, 0.2) is 6.10 Å². The fourth-order valence-corrected chi connectivity index (χ4v) is 2.40. The second kappa shape index (κ2) is 8.67. The Labute approximate surface area is 155 Å². The first-order chi connectivity index (χ1) is 11.9. The highest BCUT2D eigenvalue weighted by Gasteiger charge is 2.18. The number of para-hydroxylation sites is 1. The van der Waals surface area contributed by atoms with Crippen LogP contribution in [0.2, 0.25) is 0 Å². The van der Waals surface area contributed by atoms with E-state index in [0.29, 0.717) is 17.0 Å². The number of anilines is 1. The molecule has 0 radical (unpaired) electrons. The number of carbonyl (C=O) groups excluding carboxylic acids is 2. The van der Waals surface area contributed by atoms with Crippen LogP contribution in [0.1, 0.15) is 31.1 Å². The van der Waals surface area contributed by atoms with Crippen LogP contribution in [0.3, 0.4) is 0 Å². The zero-order valence-corrected chi connectivity index (χ0v) is 16.0. The number of ether oxygens (including phenoxy) is 1. The minimum Gasteiger partial charge on any atom is -0.481 e. The van der Waals surface area contributed by atoms with Crippen LogP contribution in [-0.2, 0) is 4.79 Å². The Balaban J connectivity index is 2.07. The summed E-state index contributed by atoms with van der Waals surface area (Å²) in [7, 11) is 0. The Morgan fingerprint density at radius 1 is 1.00 bits per heavy atom. The molecule has 6 heteroatoms. The van der Waals surface area contributed by atoms with E-state index < -0.39 is 6.10 Å². The standard InChI is InChI=1S/C19H21BrN2O3/c1-12(2)21-19(24)16-6-4-5-7-17(16)22-18(23)13(3)25-15-10-8-14(20)9-11-15/h4-13H,1-3H3,(H,21,24)(H,22,23)/t13-/m0/s1. The van der Waals surface area contributed by atoms with Crippen molar-refractivity contribution in [3.8, 4) is 5.75 Å². The summed E-state index contributed by atoms with van der Waals surface area (Å²) in [4.78, 5) is 24.7. The van der Waals surface area contributed by atoms with E-state index >= 15 is 0 Å². The maximum Gasteiger partial charge on any atom is 0.265 e. The lowest BCUT2D eigenvalue weighted by Gasteiger charge is -2.17. The van der Waals surface area contributed by atoms with Crippen LogP contribution >= 0.6 is 15.9 Å². The summed E-state index contributed by atoms with van der Waals surface area (Å²) in [5.74, 6) is 0.0387. The van der Waals surface area contributed by atoms with Crippen LogP contribution in [0, 0.1) is 0 Å². The number of amides is 2. The normalized spacial score (nSPS) is 11.7. The molecule has 0 aliphatic rings. The maximum absolute atomic E-state index is 12.4. The third-order valence-electron chi connectivity index (χ3n) is 3.35. The number of hydrogen-bond acceptors (Lipinski definition) is 3. The third-order valence-corrected chi connectivity index (χ3v) is 3.87. The topological polar surface area (TPSA) is 67.4 Å². The fourth-order valence-electron chi connectivity index (χ4n) is 2.14. The Bertz CT molecular complexity index is 745. The molecule has 0 spiro atoms. The molecule has 2 N–H and O–H groups in total. The van der Waals surface area contributed by atoms with Crippen molar-refractivity contribution in [2.45, 2.75) is 32.9 Å². The van der Waals surface area contributed by atoms with Crippen molar-refractivity contribution in [2.75, 3.05) is 5.32 Å². The van der Waals surface area contributed by atoms with Gasteiger partial charge in [0.1, 0.15) is 5.75 Å². The molecular formula is C19H21BrN2O3. The van der Waals surface area contributed by atoms with Crippen molar-refractivity contribution in [2.24, 2.45) is 0 Å². The molecule has 25 heavy (non-hydrogen) atoms. The number of halogens is 1. The van der Waals surface area contributed by atoms with Crippen LogP contribution in [0.15, 0.2) is 53.0 Å². The van der Waals surface area contributed by atoms with E-state index in [-0.39, 0.29) is 17.9 Å². The SMILES string of the molecule is CC(C)NC(=O)c1ccccc1NC(=O)[C@H](C)Oc1ccc(Br)cc1. The van der Waals surface area contributed by atoms with Gasteiger partial charge >= 0.3 is 0 Å². The summed E-state index contributed by atoms with van der Waals surface area (Å²) in [5.41, 5.74) is 0.872. The molecule has 2 amide bonds. The van der Waals surface area contributed by atoms with Crippen LogP contribution in [0.5, 0.6) is 5.75 Å². The van der Waals surface area contributed by atoms with Crippen molar-refractivity contribution in [1.82, 2.24) is 5.32 Å². The Hall–Kier alpha value is -2.34. The second-order valence-electron chi connectivity index (χ2n) is 5.88. The van der Waals surface area contributed by atoms with Gasteiger partial charge < -0.3 is 15.4 Å². The average Bonchev–Trinajstić information content (AvgIpc) is 2.56. The Morgan fingerprint density at radius 2 is 1.64 bits per heavy atom. The highest BCUT2D eigenvalue weighted by atomic mass is 79.9. The molecule has 0 heterocycles. The number of hydrogen-bond donors (Lipinski definition) is 2. The van der Waals surface area contributed by atoms with Crippen LogP contribution in [-0.4, -0.2) is 24.0 Å². The van der Waals surface area contributed by atoms with Crippen molar-refractivity contribution in [3.05, 3.63) is 58.6 Å². The van der Waals surface area contributed by atoms with Gasteiger partial charge in [0.05, 0.1) is 11.3 Å². The minimum atomic E-state index is -0.706. The van der Waals surface area contributed by atoms with E-state index in [1.165, 1.54) is 0 Å². The van der Waals surface area contributed by atoms with Crippen molar-refractivity contribution in [3.63, 3.8) is 0 Å². The average molecular weight is 405 g/mol. The first kappa shape index (κ1) is 19.0. The molecule has 2 rings (SSSR count). The predicted molar refractivity (Wildman–Crippen MR) is 102 cm³/mol. The van der Waals surface area contributed by atoms with Crippen LogP contribution in [0.4, 0.5) is 5.69 Å². The van der Waals surface area contributed by atoms with Gasteiger partial charge in [-0.05, 0) is 57.2 Å². The highest BCUT2D eigenvalue weighted by molar-refractivity contribution is 9.10. The van der Waals surface area contributed by atoms with Gasteiger partial charge in [-0.15, -0.1) is 0 Å². The van der Waals surface area contributed by atoms with Gasteiger partial charge in [0, 0.05) is 10.5 Å². The zero-order chi connectivity index (χ0) is 18.4. The maximum atomic E-state index is 12.4. The molecule has 5 nitrogen and oxygen atoms in total. The molecule has 132 valence electrons. The Morgan fingerprint density at radius 3 is 2.28 bits per heavy atom. The van der Waals surface area contributed by atoms with Gasteiger partial charge in [-0.2, -0.15) is 0 Å². The molecule has 2 aromatic carbocycles. The quantitative estimate of drug-likeness (QED) is 0.764. The minimum absolute atomic E-state index is 0.0101. The molecular weight excluding hydrogens is 384 g/mol. The monoisotopic (exact) mass is 404 g/mol. The lowest BCUT2D eigenvalue weighted by molar-refractivity contribution is -0.122. The summed E-state index contributed by atoms with van der Waals surface area (Å²) in [6.45, 7) is 5.43. The summed E-state index contributed by atoms with van der Waals surface area (Å²) < 4.78 is 6.57. The van der Waals surface area contributed by atoms with E-state index in [4.69, 9.17) is 4.74 Å². The van der Waals surface area contributed by atoms with E-state index in [2.05, 4.69) is 26.6 Å². The van der Waals surface area contributed by atoms with E-state index in [1.54, 1.807) is 43.3 Å². The van der Waals surface area contributed by atoms with Gasteiger partial charge in [-0.1, -0.05) is 28.1 Å². The van der Waals surface area contributed by atoms with E-state index in [9.17, 15) is 9.59 Å². The molecule has 0 aliphatic heterocycles. The molecule has 0 unspecified atom stereocenters. The lowest BCUT2D eigenvalue weighted by Crippen LogP contribution is -2.33. The summed E-state index contributed by atoms with van der Waals surface area (Å²) in [5, 5.41) is 5.58. The largest absolute Gasteiger partial charge is 0.481 e. The van der Waals surface area contributed by atoms with Crippen molar-refractivity contribution >= 4 is 33.4 Å². The molecule has 0 aliphatic carbocycles. The zero-order valence-electron chi connectivity index (χ0n) is 14.4. The molecule has 2 aromatic rings. The fraction of sp³-hybridized carbons (Fsp3) is 0.263. The summed E-state index contributed by atoms with van der Waals surface area (Å²) in [6, 6.07) is 14.1. The lowest BCUT2D eigenvalue weighted by atomic mass is 10.1. The van der Waals surface area contributed by atoms with Crippen molar-refractivity contribution in [1.29, 1.82) is 0 Å². The first-order valence-corrected chi connectivity index (χ1v) is 8.79. The molecule has 0 bridgehead atoms. The number of benzene rings is 2. The summed E-state index contributed by atoms with van der Waals surface area (Å²) >= 11 is 3.35. The van der Waals surface area contributed by atoms with Gasteiger partial charge in [0.25, 0.3) is 11.8 Å². The smallest absolute Gasteiger partial charge is 0.265 e. The van der Waals surface area contributed by atoms with E-state index in [0.717, 1.165) is 4.47 Å². The summed E-state index contributed by atoms with van der Waals surface area (Å²) in [6.07, 6.45) is -0.706. The van der Waals surface area contributed by atoms with E-state index in [1.807, 2.05) is 26.0 Å². The Kier molecular flexibility index (Phi) is 6.58. The molecule has 0 saturated carbocycles. The van der Waals surface area contributed by atoms with Crippen LogP contribution in [0.25, 0.3) is 0 Å². The van der Waals surface area contributed by atoms with Gasteiger partial charge in [-0.3, -0.25) is 9.59 Å². The van der Waals surface area contributed by atoms with Crippen molar-refractivity contribution < 1.29 is 14.3 Å². The predicted octanol–water partition coefficient (Wildman–Crippen LogP) is 3.99. The second-order valence-corrected chi connectivity index (χ2v) is 6.79. The van der Waals surface area contributed by atoms with Crippen LogP contribution < -0.4 is 15.4 Å². The molecule has 0 saturated heterocycles. The molecule has 0 aromatic heterocycles. The number of carbonyl (C=O) groups is 2. The van der Waals surface area contributed by atoms with Gasteiger partial charge in [-0.25, -0.2) is 0 Å². The van der Waals surface area contributed by atoms with Gasteiger partial charge in [0.2, 0.25) is 0 Å².